The zero-order valence-corrected chi connectivity index (χ0v) is 14.1. The maximum atomic E-state index is 13.6. The van der Waals surface area contributed by atoms with Gasteiger partial charge in [-0.1, -0.05) is 24.3 Å². The molecular formula is C20H21FN2O. The molecule has 0 fully saturated rings. The lowest BCUT2D eigenvalue weighted by atomic mass is 9.83. The summed E-state index contributed by atoms with van der Waals surface area (Å²) in [6, 6.07) is 12.5. The van der Waals surface area contributed by atoms with Crippen molar-refractivity contribution in [3.63, 3.8) is 0 Å². The Hall–Kier alpha value is -2.62. The molecule has 1 heterocycles. The van der Waals surface area contributed by atoms with E-state index in [1.54, 1.807) is 12.3 Å². The molecular weight excluding hydrogens is 303 g/mol. The Morgan fingerprint density at radius 1 is 1.21 bits per heavy atom. The number of fused-ring (bicyclic) bond motifs is 1. The number of halogens is 1. The first-order valence-corrected chi connectivity index (χ1v) is 7.99. The van der Waals surface area contributed by atoms with Gasteiger partial charge in [-0.15, -0.1) is 0 Å². The third kappa shape index (κ3) is 2.92. The summed E-state index contributed by atoms with van der Waals surface area (Å²) in [6.07, 6.45) is 1.79. The van der Waals surface area contributed by atoms with Crippen molar-refractivity contribution in [1.82, 2.24) is 10.3 Å². The van der Waals surface area contributed by atoms with E-state index < -0.39 is 5.41 Å². The molecule has 0 atom stereocenters. The predicted octanol–water partition coefficient (Wildman–Crippen LogP) is 4.21. The zero-order valence-electron chi connectivity index (χ0n) is 14.1. The van der Waals surface area contributed by atoms with Gasteiger partial charge >= 0.3 is 0 Å². The Bertz CT molecular complexity index is 896. The summed E-state index contributed by atoms with van der Waals surface area (Å²) in [5.74, 6) is -0.393. The summed E-state index contributed by atoms with van der Waals surface area (Å²) >= 11 is 0. The summed E-state index contributed by atoms with van der Waals surface area (Å²) < 4.78 is 13.6. The Labute approximate surface area is 140 Å². The maximum absolute atomic E-state index is 13.6. The number of carbonyl (C=O) groups is 1. The van der Waals surface area contributed by atoms with Crippen LogP contribution in [0.1, 0.15) is 30.5 Å². The lowest BCUT2D eigenvalue weighted by molar-refractivity contribution is -0.125. The fourth-order valence-corrected chi connectivity index (χ4v) is 2.94. The Morgan fingerprint density at radius 2 is 1.96 bits per heavy atom. The molecule has 0 aliphatic heterocycles. The monoisotopic (exact) mass is 324 g/mol. The number of hydrogen-bond acceptors (Lipinski definition) is 1. The van der Waals surface area contributed by atoms with Crippen molar-refractivity contribution in [2.45, 2.75) is 32.7 Å². The predicted molar refractivity (Wildman–Crippen MR) is 94.3 cm³/mol. The second kappa shape index (κ2) is 6.11. The molecule has 0 saturated carbocycles. The summed E-state index contributed by atoms with van der Waals surface area (Å²) in [5, 5.41) is 3.74. The summed E-state index contributed by atoms with van der Waals surface area (Å²) in [7, 11) is 0. The number of nitrogens with one attached hydrogen (secondary N) is 2. The number of H-pyrrole nitrogens is 1. The fourth-order valence-electron chi connectivity index (χ4n) is 2.94. The first-order valence-electron chi connectivity index (χ1n) is 7.99. The van der Waals surface area contributed by atoms with Crippen LogP contribution in [0, 0.1) is 12.7 Å². The van der Waals surface area contributed by atoms with Crippen LogP contribution in [0.25, 0.3) is 10.9 Å². The molecule has 0 radical (unpaired) electrons. The molecule has 2 aromatic carbocycles. The van der Waals surface area contributed by atoms with E-state index in [0.29, 0.717) is 6.54 Å². The number of carbonyl (C=O) groups excluding carboxylic acids is 1. The Balaban J connectivity index is 1.84. The number of rotatable bonds is 4. The van der Waals surface area contributed by atoms with Crippen molar-refractivity contribution >= 4 is 16.8 Å². The molecule has 24 heavy (non-hydrogen) atoms. The largest absolute Gasteiger partial charge is 0.361 e. The summed E-state index contributed by atoms with van der Waals surface area (Å²) in [6.45, 7) is 6.21. The van der Waals surface area contributed by atoms with Gasteiger partial charge in [0.05, 0.1) is 5.41 Å². The van der Waals surface area contributed by atoms with Crippen LogP contribution in [-0.2, 0) is 16.8 Å². The smallest absolute Gasteiger partial charge is 0.230 e. The average molecular weight is 324 g/mol. The topological polar surface area (TPSA) is 44.9 Å². The highest BCUT2D eigenvalue weighted by Gasteiger charge is 2.32. The minimum absolute atomic E-state index is 0.0871. The average Bonchev–Trinajstić information content (AvgIpc) is 2.97. The quantitative estimate of drug-likeness (QED) is 0.742. The van der Waals surface area contributed by atoms with Crippen molar-refractivity contribution in [2.24, 2.45) is 0 Å². The van der Waals surface area contributed by atoms with E-state index in [0.717, 1.165) is 27.6 Å². The molecule has 124 valence electrons. The highest BCUT2D eigenvalue weighted by molar-refractivity contribution is 5.94. The minimum atomic E-state index is -0.769. The van der Waals surface area contributed by atoms with Crippen molar-refractivity contribution < 1.29 is 9.18 Å². The van der Waals surface area contributed by atoms with E-state index in [1.807, 2.05) is 45.0 Å². The van der Waals surface area contributed by atoms with Gasteiger partial charge < -0.3 is 10.3 Å². The van der Waals surface area contributed by atoms with Crippen LogP contribution in [0.3, 0.4) is 0 Å². The van der Waals surface area contributed by atoms with Gasteiger partial charge in [0.2, 0.25) is 5.91 Å². The van der Waals surface area contributed by atoms with Gasteiger partial charge in [0.25, 0.3) is 0 Å². The molecule has 3 aromatic rings. The molecule has 0 bridgehead atoms. The standard InChI is InChI=1S/C20H21FN2O/c1-13-6-4-5-7-14(13)11-23-19(24)20(2,3)17-12-22-18-9-8-15(21)10-16(17)18/h4-10,12,22H,11H2,1-3H3,(H,23,24). The van der Waals surface area contributed by atoms with Crippen LogP contribution in [0.2, 0.25) is 0 Å². The van der Waals surface area contributed by atoms with Gasteiger partial charge in [-0.2, -0.15) is 0 Å². The Kier molecular flexibility index (Phi) is 4.14. The lowest BCUT2D eigenvalue weighted by Gasteiger charge is -2.23. The van der Waals surface area contributed by atoms with E-state index >= 15 is 0 Å². The first-order chi connectivity index (χ1) is 11.4. The number of benzene rings is 2. The van der Waals surface area contributed by atoms with E-state index in [1.165, 1.54) is 12.1 Å². The Morgan fingerprint density at radius 3 is 2.71 bits per heavy atom. The van der Waals surface area contributed by atoms with Crippen molar-refractivity contribution in [3.05, 3.63) is 71.2 Å². The molecule has 0 aliphatic rings. The molecule has 2 N–H and O–H groups in total. The van der Waals surface area contributed by atoms with Crippen LogP contribution in [0.15, 0.2) is 48.7 Å². The van der Waals surface area contributed by atoms with Crippen LogP contribution in [0.4, 0.5) is 4.39 Å². The molecule has 0 saturated heterocycles. The zero-order chi connectivity index (χ0) is 17.3. The van der Waals surface area contributed by atoms with E-state index in [2.05, 4.69) is 10.3 Å². The van der Waals surface area contributed by atoms with Crippen molar-refractivity contribution in [3.8, 4) is 0 Å². The first kappa shape index (κ1) is 16.2. The second-order valence-corrected chi connectivity index (χ2v) is 6.63. The van der Waals surface area contributed by atoms with Crippen LogP contribution < -0.4 is 5.32 Å². The van der Waals surface area contributed by atoms with Crippen LogP contribution in [0.5, 0.6) is 0 Å². The highest BCUT2D eigenvalue weighted by atomic mass is 19.1. The van der Waals surface area contributed by atoms with E-state index in [4.69, 9.17) is 0 Å². The SMILES string of the molecule is Cc1ccccc1CNC(=O)C(C)(C)c1c[nH]c2ccc(F)cc12. The van der Waals surface area contributed by atoms with E-state index in [-0.39, 0.29) is 11.7 Å². The van der Waals surface area contributed by atoms with Crippen molar-refractivity contribution in [1.29, 1.82) is 0 Å². The third-order valence-electron chi connectivity index (χ3n) is 4.59. The summed E-state index contributed by atoms with van der Waals surface area (Å²) in [4.78, 5) is 15.9. The van der Waals surface area contributed by atoms with Gasteiger partial charge in [0, 0.05) is 23.6 Å². The second-order valence-electron chi connectivity index (χ2n) is 6.63. The maximum Gasteiger partial charge on any atom is 0.230 e. The van der Waals surface area contributed by atoms with Crippen LogP contribution in [-0.4, -0.2) is 10.9 Å². The lowest BCUT2D eigenvalue weighted by Crippen LogP contribution is -2.39. The molecule has 0 unspecified atom stereocenters. The molecule has 1 aromatic heterocycles. The van der Waals surface area contributed by atoms with E-state index in [9.17, 15) is 9.18 Å². The molecule has 1 amide bonds. The van der Waals surface area contributed by atoms with Gasteiger partial charge in [0.1, 0.15) is 5.82 Å². The van der Waals surface area contributed by atoms with Gasteiger partial charge in [-0.3, -0.25) is 4.79 Å². The normalized spacial score (nSPS) is 11.7. The van der Waals surface area contributed by atoms with Crippen molar-refractivity contribution in [2.75, 3.05) is 0 Å². The number of amides is 1. The summed E-state index contributed by atoms with van der Waals surface area (Å²) in [5.41, 5.74) is 3.08. The van der Waals surface area contributed by atoms with Crippen LogP contribution >= 0.6 is 0 Å². The molecule has 3 rings (SSSR count). The molecule has 0 spiro atoms. The number of aromatic amines is 1. The molecule has 4 heteroatoms. The third-order valence-corrected chi connectivity index (χ3v) is 4.59. The van der Waals surface area contributed by atoms with Gasteiger partial charge in [-0.25, -0.2) is 4.39 Å². The highest BCUT2D eigenvalue weighted by Crippen LogP contribution is 2.31. The van der Waals surface area contributed by atoms with Gasteiger partial charge in [-0.05, 0) is 55.7 Å². The minimum Gasteiger partial charge on any atom is -0.361 e. The number of aryl methyl sites for hydroxylation is 1. The number of hydrogen-bond donors (Lipinski definition) is 2. The fraction of sp³-hybridized carbons (Fsp3) is 0.250. The number of aromatic nitrogens is 1. The van der Waals surface area contributed by atoms with Gasteiger partial charge in [0.15, 0.2) is 0 Å². The molecule has 0 aliphatic carbocycles. The molecule has 3 nitrogen and oxygen atoms in total.